The second-order valence-electron chi connectivity index (χ2n) is 5.19. The first kappa shape index (κ1) is 15.0. The van der Waals surface area contributed by atoms with Crippen molar-refractivity contribution in [2.75, 3.05) is 12.8 Å². The lowest BCUT2D eigenvalue weighted by Crippen LogP contribution is -2.24. The number of hydrogen-bond donors (Lipinski definition) is 1. The van der Waals surface area contributed by atoms with Gasteiger partial charge in [-0.15, -0.1) is 0 Å². The SMILES string of the molecule is COC(=O)c1ccc(C(=O)OC(C)(C)C)c(N)c1C. The normalized spacial score (nSPS) is 11.0. The van der Waals surface area contributed by atoms with Crippen molar-refractivity contribution in [3.8, 4) is 0 Å². The van der Waals surface area contributed by atoms with Crippen LogP contribution in [0.5, 0.6) is 0 Å². The molecule has 2 N–H and O–H groups in total. The van der Waals surface area contributed by atoms with Gasteiger partial charge in [-0.05, 0) is 45.4 Å². The molecule has 0 aliphatic rings. The number of anilines is 1. The number of methoxy groups -OCH3 is 1. The zero-order valence-electron chi connectivity index (χ0n) is 11.9. The third-order valence-electron chi connectivity index (χ3n) is 2.54. The van der Waals surface area contributed by atoms with Crippen molar-refractivity contribution in [2.45, 2.75) is 33.3 Å². The van der Waals surface area contributed by atoms with Crippen LogP contribution in [0.15, 0.2) is 12.1 Å². The summed E-state index contributed by atoms with van der Waals surface area (Å²) in [6, 6.07) is 2.99. The van der Waals surface area contributed by atoms with Crippen molar-refractivity contribution in [1.82, 2.24) is 0 Å². The molecule has 0 saturated carbocycles. The quantitative estimate of drug-likeness (QED) is 0.655. The van der Waals surface area contributed by atoms with Gasteiger partial charge in [-0.1, -0.05) is 0 Å². The smallest absolute Gasteiger partial charge is 0.340 e. The summed E-state index contributed by atoms with van der Waals surface area (Å²) in [4.78, 5) is 23.5. The van der Waals surface area contributed by atoms with Gasteiger partial charge >= 0.3 is 11.9 Å². The van der Waals surface area contributed by atoms with Crippen LogP contribution in [0.2, 0.25) is 0 Å². The standard InChI is InChI=1S/C14H19NO4/c1-8-9(12(16)18-5)6-7-10(11(8)15)13(17)19-14(2,3)4/h6-7H,15H2,1-5H3. The molecule has 1 rings (SSSR count). The van der Waals surface area contributed by atoms with E-state index in [1.54, 1.807) is 27.7 Å². The zero-order chi connectivity index (χ0) is 14.8. The number of benzene rings is 1. The largest absolute Gasteiger partial charge is 0.465 e. The van der Waals surface area contributed by atoms with Gasteiger partial charge in [-0.25, -0.2) is 9.59 Å². The fourth-order valence-electron chi connectivity index (χ4n) is 1.57. The van der Waals surface area contributed by atoms with Gasteiger partial charge in [0, 0.05) is 5.69 Å². The highest BCUT2D eigenvalue weighted by Gasteiger charge is 2.22. The van der Waals surface area contributed by atoms with E-state index >= 15 is 0 Å². The maximum absolute atomic E-state index is 12.0. The van der Waals surface area contributed by atoms with Crippen molar-refractivity contribution >= 4 is 17.6 Å². The summed E-state index contributed by atoms with van der Waals surface area (Å²) in [6.07, 6.45) is 0. The monoisotopic (exact) mass is 265 g/mol. The van der Waals surface area contributed by atoms with Crippen LogP contribution in [0, 0.1) is 6.92 Å². The van der Waals surface area contributed by atoms with Gasteiger partial charge in [0.25, 0.3) is 0 Å². The summed E-state index contributed by atoms with van der Waals surface area (Å²) in [5, 5.41) is 0. The molecule has 0 saturated heterocycles. The molecular weight excluding hydrogens is 246 g/mol. The van der Waals surface area contributed by atoms with Gasteiger partial charge < -0.3 is 15.2 Å². The van der Waals surface area contributed by atoms with Crippen LogP contribution in [-0.4, -0.2) is 24.6 Å². The van der Waals surface area contributed by atoms with Crippen molar-refractivity contribution < 1.29 is 19.1 Å². The zero-order valence-corrected chi connectivity index (χ0v) is 11.9. The topological polar surface area (TPSA) is 78.6 Å². The lowest BCUT2D eigenvalue weighted by atomic mass is 10.0. The van der Waals surface area contributed by atoms with Crippen molar-refractivity contribution in [2.24, 2.45) is 0 Å². The van der Waals surface area contributed by atoms with Crippen LogP contribution in [0.25, 0.3) is 0 Å². The minimum absolute atomic E-state index is 0.233. The van der Waals surface area contributed by atoms with Crippen LogP contribution in [-0.2, 0) is 9.47 Å². The predicted molar refractivity (Wildman–Crippen MR) is 72.1 cm³/mol. The van der Waals surface area contributed by atoms with E-state index < -0.39 is 17.5 Å². The number of rotatable bonds is 2. The molecule has 5 nitrogen and oxygen atoms in total. The highest BCUT2D eigenvalue weighted by molar-refractivity contribution is 6.00. The van der Waals surface area contributed by atoms with E-state index in [-0.39, 0.29) is 11.3 Å². The summed E-state index contributed by atoms with van der Waals surface area (Å²) >= 11 is 0. The molecule has 0 amide bonds. The van der Waals surface area contributed by atoms with Crippen molar-refractivity contribution in [3.05, 3.63) is 28.8 Å². The number of carbonyl (C=O) groups is 2. The van der Waals surface area contributed by atoms with E-state index in [4.69, 9.17) is 10.5 Å². The van der Waals surface area contributed by atoms with Gasteiger partial charge in [0.1, 0.15) is 5.60 Å². The molecule has 0 unspecified atom stereocenters. The van der Waals surface area contributed by atoms with Gasteiger partial charge in [0.15, 0.2) is 0 Å². The summed E-state index contributed by atoms with van der Waals surface area (Å²) in [7, 11) is 1.29. The van der Waals surface area contributed by atoms with Crippen LogP contribution in [0.1, 0.15) is 47.1 Å². The number of esters is 2. The highest BCUT2D eigenvalue weighted by atomic mass is 16.6. The molecule has 0 atom stereocenters. The third-order valence-corrected chi connectivity index (χ3v) is 2.54. The summed E-state index contributed by atoms with van der Waals surface area (Å²) < 4.78 is 9.89. The van der Waals surface area contributed by atoms with Crippen molar-refractivity contribution in [1.29, 1.82) is 0 Å². The Morgan fingerprint density at radius 2 is 1.63 bits per heavy atom. The number of hydrogen-bond acceptors (Lipinski definition) is 5. The molecule has 1 aromatic rings. The molecule has 0 bridgehead atoms. The first-order valence-electron chi connectivity index (χ1n) is 5.88. The minimum Gasteiger partial charge on any atom is -0.465 e. The molecular formula is C14H19NO4. The average molecular weight is 265 g/mol. The van der Waals surface area contributed by atoms with Gasteiger partial charge in [0.05, 0.1) is 18.2 Å². The molecule has 0 aliphatic heterocycles. The number of nitrogen functional groups attached to an aromatic ring is 1. The number of carbonyl (C=O) groups excluding carboxylic acids is 2. The van der Waals surface area contributed by atoms with E-state index in [0.717, 1.165) is 0 Å². The molecule has 0 heterocycles. The van der Waals surface area contributed by atoms with Gasteiger partial charge in [-0.2, -0.15) is 0 Å². The highest BCUT2D eigenvalue weighted by Crippen LogP contribution is 2.24. The fourth-order valence-corrected chi connectivity index (χ4v) is 1.57. The Hall–Kier alpha value is -2.04. The maximum atomic E-state index is 12.0. The van der Waals surface area contributed by atoms with Gasteiger partial charge in [-0.3, -0.25) is 0 Å². The van der Waals surface area contributed by atoms with E-state index in [2.05, 4.69) is 4.74 Å². The Kier molecular flexibility index (Phi) is 4.19. The first-order valence-corrected chi connectivity index (χ1v) is 5.88. The Morgan fingerprint density at radius 1 is 1.11 bits per heavy atom. The van der Waals surface area contributed by atoms with Gasteiger partial charge in [0.2, 0.25) is 0 Å². The van der Waals surface area contributed by atoms with E-state index in [9.17, 15) is 9.59 Å². The van der Waals surface area contributed by atoms with Crippen LogP contribution >= 0.6 is 0 Å². The molecule has 0 radical (unpaired) electrons. The second kappa shape index (κ2) is 5.30. The van der Waals surface area contributed by atoms with E-state index in [0.29, 0.717) is 11.1 Å². The summed E-state index contributed by atoms with van der Waals surface area (Å²) in [5.74, 6) is -0.996. The first-order chi connectivity index (χ1) is 8.67. The summed E-state index contributed by atoms with van der Waals surface area (Å²) in [6.45, 7) is 6.99. The number of ether oxygens (including phenoxy) is 2. The molecule has 19 heavy (non-hydrogen) atoms. The fraction of sp³-hybridized carbons (Fsp3) is 0.429. The molecule has 0 spiro atoms. The van der Waals surface area contributed by atoms with Crippen LogP contribution in [0.3, 0.4) is 0 Å². The molecule has 0 fully saturated rings. The molecule has 0 aliphatic carbocycles. The lowest BCUT2D eigenvalue weighted by Gasteiger charge is -2.20. The van der Waals surface area contributed by atoms with Crippen LogP contribution in [0.4, 0.5) is 5.69 Å². The second-order valence-corrected chi connectivity index (χ2v) is 5.19. The van der Waals surface area contributed by atoms with Crippen molar-refractivity contribution in [3.63, 3.8) is 0 Å². The Labute approximate surface area is 112 Å². The number of nitrogens with two attached hydrogens (primary N) is 1. The Balaban J connectivity index is 3.16. The molecule has 0 aromatic heterocycles. The van der Waals surface area contributed by atoms with E-state index in [1.807, 2.05) is 0 Å². The maximum Gasteiger partial charge on any atom is 0.340 e. The average Bonchev–Trinajstić information content (AvgIpc) is 2.29. The molecule has 5 heteroatoms. The lowest BCUT2D eigenvalue weighted by molar-refractivity contribution is 0.00703. The third kappa shape index (κ3) is 3.47. The summed E-state index contributed by atoms with van der Waals surface area (Å²) in [5.41, 5.74) is 6.62. The van der Waals surface area contributed by atoms with Crippen LogP contribution < -0.4 is 5.73 Å². The Bertz CT molecular complexity index is 515. The molecule has 104 valence electrons. The Morgan fingerprint density at radius 3 is 2.11 bits per heavy atom. The molecule has 1 aromatic carbocycles. The predicted octanol–water partition coefficient (Wildman–Crippen LogP) is 2.32. The minimum atomic E-state index is -0.599. The van der Waals surface area contributed by atoms with E-state index in [1.165, 1.54) is 19.2 Å².